The van der Waals surface area contributed by atoms with Gasteiger partial charge in [-0.3, -0.25) is 9.69 Å². The van der Waals surface area contributed by atoms with Crippen LogP contribution in [0.3, 0.4) is 0 Å². The van der Waals surface area contributed by atoms with E-state index in [0.717, 1.165) is 32.7 Å². The van der Waals surface area contributed by atoms with Crippen LogP contribution in [0, 0.1) is 6.92 Å². The van der Waals surface area contributed by atoms with Gasteiger partial charge in [-0.1, -0.05) is 12.1 Å². The SMILES string of the molecule is Cc1cccc(N2CCN(CCC(=O)N3CCC(C)(O)C(O)C3)CC2)c1. The number of rotatable bonds is 4. The van der Waals surface area contributed by atoms with Gasteiger partial charge in [-0.05, 0) is 38.0 Å². The molecular weight excluding hydrogens is 330 g/mol. The third kappa shape index (κ3) is 4.55. The topological polar surface area (TPSA) is 67.2 Å². The Hall–Kier alpha value is -1.63. The highest BCUT2D eigenvalue weighted by atomic mass is 16.3. The lowest BCUT2D eigenvalue weighted by Gasteiger charge is -2.40. The van der Waals surface area contributed by atoms with Crippen molar-refractivity contribution >= 4 is 11.6 Å². The van der Waals surface area contributed by atoms with Gasteiger partial charge in [0.25, 0.3) is 0 Å². The second kappa shape index (κ2) is 7.94. The molecular formula is C20H31N3O3. The Labute approximate surface area is 156 Å². The number of nitrogens with zero attached hydrogens (tertiary/aromatic N) is 3. The minimum atomic E-state index is -1.08. The minimum absolute atomic E-state index is 0.0701. The second-order valence-corrected chi connectivity index (χ2v) is 7.88. The van der Waals surface area contributed by atoms with Gasteiger partial charge in [-0.25, -0.2) is 0 Å². The van der Waals surface area contributed by atoms with Crippen LogP contribution in [0.15, 0.2) is 24.3 Å². The number of carbonyl (C=O) groups excluding carboxylic acids is 1. The number of anilines is 1. The number of likely N-dealkylation sites (tertiary alicyclic amines) is 1. The molecule has 6 nitrogen and oxygen atoms in total. The highest BCUT2D eigenvalue weighted by Crippen LogP contribution is 2.22. The Morgan fingerprint density at radius 3 is 2.62 bits per heavy atom. The Bertz CT molecular complexity index is 626. The summed E-state index contributed by atoms with van der Waals surface area (Å²) < 4.78 is 0. The van der Waals surface area contributed by atoms with E-state index in [1.54, 1.807) is 11.8 Å². The molecule has 0 bridgehead atoms. The lowest BCUT2D eigenvalue weighted by molar-refractivity contribution is -0.146. The van der Waals surface area contributed by atoms with Gasteiger partial charge in [-0.2, -0.15) is 0 Å². The molecule has 2 N–H and O–H groups in total. The van der Waals surface area contributed by atoms with Crippen molar-refractivity contribution in [3.63, 3.8) is 0 Å². The van der Waals surface area contributed by atoms with Crippen LogP contribution in [0.1, 0.15) is 25.3 Å². The monoisotopic (exact) mass is 361 g/mol. The van der Waals surface area contributed by atoms with Gasteiger partial charge in [0.05, 0.1) is 11.7 Å². The molecule has 3 rings (SSSR count). The molecule has 0 spiro atoms. The van der Waals surface area contributed by atoms with Crippen LogP contribution in [0.5, 0.6) is 0 Å². The molecule has 26 heavy (non-hydrogen) atoms. The number of carbonyl (C=O) groups is 1. The summed E-state index contributed by atoms with van der Waals surface area (Å²) >= 11 is 0. The molecule has 2 saturated heterocycles. The molecule has 2 heterocycles. The van der Waals surface area contributed by atoms with E-state index in [1.807, 2.05) is 0 Å². The number of aryl methyl sites for hydroxylation is 1. The van der Waals surface area contributed by atoms with Gasteiger partial charge >= 0.3 is 0 Å². The summed E-state index contributed by atoms with van der Waals surface area (Å²) in [5, 5.41) is 20.0. The predicted molar refractivity (Wildman–Crippen MR) is 102 cm³/mol. The fourth-order valence-electron chi connectivity index (χ4n) is 3.72. The molecule has 2 fully saturated rings. The first kappa shape index (κ1) is 19.1. The summed E-state index contributed by atoms with van der Waals surface area (Å²) in [6, 6.07) is 8.58. The lowest BCUT2D eigenvalue weighted by atomic mass is 9.90. The number of β-amino-alcohol motifs (C(OH)–C–C–N with tert-alkyl or cyclic N) is 1. The molecule has 1 aromatic carbocycles. The van der Waals surface area contributed by atoms with Gasteiger partial charge in [0.2, 0.25) is 5.91 Å². The molecule has 2 aliphatic heterocycles. The summed E-state index contributed by atoms with van der Waals surface area (Å²) in [7, 11) is 0. The fourth-order valence-corrected chi connectivity index (χ4v) is 3.72. The zero-order valence-corrected chi connectivity index (χ0v) is 15.9. The Kier molecular flexibility index (Phi) is 5.85. The van der Waals surface area contributed by atoms with Crippen molar-refractivity contribution in [1.82, 2.24) is 9.80 Å². The van der Waals surface area contributed by atoms with Gasteiger partial charge in [0.15, 0.2) is 0 Å². The summed E-state index contributed by atoms with van der Waals surface area (Å²) in [6.07, 6.45) is 0.0343. The third-order valence-electron chi connectivity index (χ3n) is 5.73. The molecule has 1 aromatic rings. The zero-order chi connectivity index (χ0) is 18.7. The Morgan fingerprint density at radius 2 is 1.96 bits per heavy atom. The third-order valence-corrected chi connectivity index (χ3v) is 5.73. The molecule has 1 amide bonds. The van der Waals surface area contributed by atoms with E-state index < -0.39 is 11.7 Å². The second-order valence-electron chi connectivity index (χ2n) is 7.88. The molecule has 6 heteroatoms. The number of hydrogen-bond acceptors (Lipinski definition) is 5. The first-order chi connectivity index (χ1) is 12.3. The number of piperazine rings is 1. The fraction of sp³-hybridized carbons (Fsp3) is 0.650. The number of aliphatic hydroxyl groups is 2. The zero-order valence-electron chi connectivity index (χ0n) is 15.9. The molecule has 144 valence electrons. The van der Waals surface area contributed by atoms with Crippen molar-refractivity contribution in [2.45, 2.75) is 38.4 Å². The van der Waals surface area contributed by atoms with Crippen molar-refractivity contribution in [2.75, 3.05) is 50.7 Å². The maximum atomic E-state index is 12.4. The standard InChI is InChI=1S/C20H31N3O3/c1-16-4-3-5-17(14-16)22-12-10-21(11-13-22)8-6-19(25)23-9-7-20(2,26)18(24)15-23/h3-5,14,18,24,26H,6-13,15H2,1-2H3. The van der Waals surface area contributed by atoms with Gasteiger partial charge in [0, 0.05) is 57.9 Å². The molecule has 0 saturated carbocycles. The maximum Gasteiger partial charge on any atom is 0.223 e. The average molecular weight is 361 g/mol. The maximum absolute atomic E-state index is 12.4. The van der Waals surface area contributed by atoms with E-state index in [-0.39, 0.29) is 12.5 Å². The largest absolute Gasteiger partial charge is 0.388 e. The summed E-state index contributed by atoms with van der Waals surface area (Å²) in [4.78, 5) is 18.8. The summed E-state index contributed by atoms with van der Waals surface area (Å²) in [5.74, 6) is 0.0701. The quantitative estimate of drug-likeness (QED) is 0.832. The molecule has 0 aliphatic carbocycles. The highest BCUT2D eigenvalue weighted by molar-refractivity contribution is 5.76. The Balaban J connectivity index is 1.42. The van der Waals surface area contributed by atoms with Crippen molar-refractivity contribution in [1.29, 1.82) is 0 Å². The first-order valence-electron chi connectivity index (χ1n) is 9.57. The van der Waals surface area contributed by atoms with Crippen LogP contribution in [0.2, 0.25) is 0 Å². The van der Waals surface area contributed by atoms with Gasteiger partial charge in [0.1, 0.15) is 0 Å². The minimum Gasteiger partial charge on any atom is -0.388 e. The summed E-state index contributed by atoms with van der Waals surface area (Å²) in [5.41, 5.74) is 1.47. The van der Waals surface area contributed by atoms with E-state index in [0.29, 0.717) is 19.4 Å². The molecule has 2 unspecified atom stereocenters. The Morgan fingerprint density at radius 1 is 1.23 bits per heavy atom. The van der Waals surface area contributed by atoms with Crippen molar-refractivity contribution in [2.24, 2.45) is 0 Å². The van der Waals surface area contributed by atoms with Crippen LogP contribution in [0.25, 0.3) is 0 Å². The van der Waals surface area contributed by atoms with Gasteiger partial charge < -0.3 is 20.0 Å². The van der Waals surface area contributed by atoms with Crippen LogP contribution in [-0.4, -0.2) is 83.4 Å². The van der Waals surface area contributed by atoms with Crippen molar-refractivity contribution < 1.29 is 15.0 Å². The average Bonchev–Trinajstić information content (AvgIpc) is 2.62. The molecule has 2 atom stereocenters. The van der Waals surface area contributed by atoms with Gasteiger partial charge in [-0.15, -0.1) is 0 Å². The molecule has 0 aromatic heterocycles. The van der Waals surface area contributed by atoms with Crippen molar-refractivity contribution in [3.05, 3.63) is 29.8 Å². The van der Waals surface area contributed by atoms with E-state index in [1.165, 1.54) is 11.3 Å². The number of amides is 1. The first-order valence-corrected chi connectivity index (χ1v) is 9.57. The lowest BCUT2D eigenvalue weighted by Crippen LogP contribution is -2.55. The van der Waals surface area contributed by atoms with Crippen molar-refractivity contribution in [3.8, 4) is 0 Å². The van der Waals surface area contributed by atoms with E-state index in [9.17, 15) is 15.0 Å². The van der Waals surface area contributed by atoms with E-state index >= 15 is 0 Å². The molecule has 2 aliphatic rings. The molecule has 0 radical (unpaired) electrons. The number of aliphatic hydroxyl groups excluding tert-OH is 1. The predicted octanol–water partition coefficient (Wildman–Crippen LogP) is 0.851. The number of benzene rings is 1. The van der Waals surface area contributed by atoms with Crippen LogP contribution in [-0.2, 0) is 4.79 Å². The normalized spacial score (nSPS) is 27.6. The van der Waals surface area contributed by atoms with Crippen LogP contribution in [0.4, 0.5) is 5.69 Å². The van der Waals surface area contributed by atoms with Crippen LogP contribution >= 0.6 is 0 Å². The van der Waals surface area contributed by atoms with Crippen LogP contribution < -0.4 is 4.90 Å². The van der Waals surface area contributed by atoms with E-state index in [4.69, 9.17) is 0 Å². The smallest absolute Gasteiger partial charge is 0.223 e. The summed E-state index contributed by atoms with van der Waals surface area (Å²) in [6.45, 7) is 9.11. The number of hydrogen-bond donors (Lipinski definition) is 2. The number of piperidine rings is 1. The highest BCUT2D eigenvalue weighted by Gasteiger charge is 2.37. The van der Waals surface area contributed by atoms with E-state index in [2.05, 4.69) is 41.0 Å².